The maximum atomic E-state index is 11.7. The predicted molar refractivity (Wildman–Crippen MR) is 107 cm³/mol. The smallest absolute Gasteiger partial charge is 0.337 e. The number of hydrogen-bond acceptors (Lipinski definition) is 3. The predicted octanol–water partition coefficient (Wildman–Crippen LogP) is 5.30. The van der Waals surface area contributed by atoms with Crippen molar-refractivity contribution in [2.45, 2.75) is 0 Å². The molecule has 0 aliphatic heterocycles. The Hall–Kier alpha value is -3.53. The van der Waals surface area contributed by atoms with Gasteiger partial charge in [0.05, 0.1) is 25.5 Å². The molecule has 4 heteroatoms. The molecule has 0 amide bonds. The lowest BCUT2D eigenvalue weighted by Gasteiger charge is -2.08. The molecule has 134 valence electrons. The Morgan fingerprint density at radius 3 is 2.15 bits per heavy atom. The molecular weight excluding hydrogens is 338 g/mol. The Morgan fingerprint density at radius 1 is 0.815 bits per heavy atom. The summed E-state index contributed by atoms with van der Waals surface area (Å²) in [6.07, 6.45) is 0. The van der Waals surface area contributed by atoms with Gasteiger partial charge in [0.15, 0.2) is 0 Å². The van der Waals surface area contributed by atoms with Gasteiger partial charge < -0.3 is 14.5 Å². The summed E-state index contributed by atoms with van der Waals surface area (Å²) < 4.78 is 10.1. The average molecular weight is 357 g/mol. The zero-order valence-electron chi connectivity index (χ0n) is 15.2. The Balaban J connectivity index is 1.89. The summed E-state index contributed by atoms with van der Waals surface area (Å²) in [7, 11) is 3.05. The number of H-pyrrole nitrogens is 1. The highest BCUT2D eigenvalue weighted by atomic mass is 16.5. The molecule has 0 aliphatic carbocycles. The van der Waals surface area contributed by atoms with Crippen LogP contribution < -0.4 is 4.74 Å². The Morgan fingerprint density at radius 2 is 1.48 bits per heavy atom. The number of aromatic amines is 1. The normalized spacial score (nSPS) is 10.7. The molecule has 0 saturated heterocycles. The van der Waals surface area contributed by atoms with E-state index in [4.69, 9.17) is 9.47 Å². The van der Waals surface area contributed by atoms with Crippen LogP contribution in [-0.2, 0) is 4.74 Å². The number of hydrogen-bond donors (Lipinski definition) is 1. The number of ether oxygens (including phenoxy) is 2. The van der Waals surface area contributed by atoms with Crippen LogP contribution in [0, 0.1) is 0 Å². The van der Waals surface area contributed by atoms with Crippen molar-refractivity contribution in [2.75, 3.05) is 14.2 Å². The summed E-state index contributed by atoms with van der Waals surface area (Å²) >= 11 is 0. The van der Waals surface area contributed by atoms with Gasteiger partial charge >= 0.3 is 5.97 Å². The second-order valence-electron chi connectivity index (χ2n) is 6.22. The number of fused-ring (bicyclic) bond motifs is 1. The molecule has 0 atom stereocenters. The Kier molecular flexibility index (Phi) is 4.38. The molecule has 27 heavy (non-hydrogen) atoms. The molecule has 4 rings (SSSR count). The lowest BCUT2D eigenvalue weighted by atomic mass is 9.97. The van der Waals surface area contributed by atoms with E-state index in [0.717, 1.165) is 39.0 Å². The third kappa shape index (κ3) is 3.06. The van der Waals surface area contributed by atoms with Crippen LogP contribution in [0.3, 0.4) is 0 Å². The van der Waals surface area contributed by atoms with Gasteiger partial charge in [-0.15, -0.1) is 0 Å². The quantitative estimate of drug-likeness (QED) is 0.504. The number of esters is 1. The van der Waals surface area contributed by atoms with Crippen molar-refractivity contribution in [1.82, 2.24) is 4.98 Å². The molecule has 0 spiro atoms. The largest absolute Gasteiger partial charge is 0.497 e. The van der Waals surface area contributed by atoms with Crippen molar-refractivity contribution in [2.24, 2.45) is 0 Å². The first-order valence-electron chi connectivity index (χ1n) is 8.65. The fraction of sp³-hybridized carbons (Fsp3) is 0.0870. The minimum Gasteiger partial charge on any atom is -0.497 e. The van der Waals surface area contributed by atoms with Gasteiger partial charge in [-0.25, -0.2) is 4.79 Å². The van der Waals surface area contributed by atoms with E-state index in [9.17, 15) is 4.79 Å². The fourth-order valence-electron chi connectivity index (χ4n) is 3.31. The van der Waals surface area contributed by atoms with Crippen molar-refractivity contribution in [3.8, 4) is 28.1 Å². The van der Waals surface area contributed by atoms with Crippen LogP contribution in [-0.4, -0.2) is 25.2 Å². The molecule has 4 aromatic rings. The molecule has 0 unspecified atom stereocenters. The summed E-state index contributed by atoms with van der Waals surface area (Å²) in [5.74, 6) is 0.481. The molecule has 1 N–H and O–H groups in total. The van der Waals surface area contributed by atoms with Gasteiger partial charge in [0, 0.05) is 16.5 Å². The van der Waals surface area contributed by atoms with Crippen molar-refractivity contribution in [3.63, 3.8) is 0 Å². The third-order valence-corrected chi connectivity index (χ3v) is 4.68. The minimum absolute atomic E-state index is 0.337. The van der Waals surface area contributed by atoms with Crippen molar-refractivity contribution < 1.29 is 14.3 Å². The van der Waals surface area contributed by atoms with Crippen LogP contribution in [0.15, 0.2) is 72.8 Å². The molecule has 3 aromatic carbocycles. The van der Waals surface area contributed by atoms with Crippen molar-refractivity contribution in [1.29, 1.82) is 0 Å². The number of aromatic nitrogens is 1. The molecule has 0 saturated carbocycles. The van der Waals surface area contributed by atoms with E-state index in [2.05, 4.69) is 17.1 Å². The molecule has 0 aliphatic rings. The molecule has 0 fully saturated rings. The number of nitrogens with one attached hydrogen (secondary N) is 1. The van der Waals surface area contributed by atoms with Crippen LogP contribution in [0.25, 0.3) is 33.3 Å². The van der Waals surface area contributed by atoms with Crippen molar-refractivity contribution in [3.05, 3.63) is 78.4 Å². The van der Waals surface area contributed by atoms with Crippen LogP contribution in [0.1, 0.15) is 10.4 Å². The second-order valence-corrected chi connectivity index (χ2v) is 6.22. The molecule has 0 radical (unpaired) electrons. The number of rotatable bonds is 4. The van der Waals surface area contributed by atoms with E-state index in [1.54, 1.807) is 19.2 Å². The monoisotopic (exact) mass is 357 g/mol. The van der Waals surface area contributed by atoms with Gasteiger partial charge in [-0.1, -0.05) is 30.3 Å². The highest BCUT2D eigenvalue weighted by molar-refractivity contribution is 6.04. The maximum Gasteiger partial charge on any atom is 0.337 e. The summed E-state index contributed by atoms with van der Waals surface area (Å²) in [6.45, 7) is 0. The number of benzene rings is 3. The molecule has 4 nitrogen and oxygen atoms in total. The lowest BCUT2D eigenvalue weighted by molar-refractivity contribution is 0.0601. The number of para-hydroxylation sites is 1. The molecule has 1 aromatic heterocycles. The van der Waals surface area contributed by atoms with Gasteiger partial charge in [-0.05, 0) is 53.6 Å². The topological polar surface area (TPSA) is 51.3 Å². The van der Waals surface area contributed by atoms with Gasteiger partial charge in [-0.2, -0.15) is 0 Å². The molecular formula is C23H19NO3. The Bertz CT molecular complexity index is 1090. The van der Waals surface area contributed by atoms with Crippen LogP contribution >= 0.6 is 0 Å². The average Bonchev–Trinajstić information content (AvgIpc) is 3.13. The minimum atomic E-state index is -0.337. The first-order valence-corrected chi connectivity index (χ1v) is 8.65. The van der Waals surface area contributed by atoms with Gasteiger partial charge in [-0.3, -0.25) is 0 Å². The molecule has 0 bridgehead atoms. The van der Waals surface area contributed by atoms with E-state index in [1.807, 2.05) is 48.5 Å². The highest BCUT2D eigenvalue weighted by Crippen LogP contribution is 2.38. The van der Waals surface area contributed by atoms with E-state index in [0.29, 0.717) is 5.56 Å². The van der Waals surface area contributed by atoms with Gasteiger partial charge in [0.2, 0.25) is 0 Å². The maximum absolute atomic E-state index is 11.7. The van der Waals surface area contributed by atoms with Crippen molar-refractivity contribution >= 4 is 16.9 Å². The summed E-state index contributed by atoms with van der Waals surface area (Å²) in [4.78, 5) is 15.3. The SMILES string of the molecule is COC(=O)c1ccc(-c2c(-c3ccc(OC)cc3)[nH]c3ccccc23)cc1. The Labute approximate surface area is 157 Å². The van der Waals surface area contributed by atoms with E-state index >= 15 is 0 Å². The lowest BCUT2D eigenvalue weighted by Crippen LogP contribution is -2.00. The summed E-state index contributed by atoms with van der Waals surface area (Å²) in [6, 6.07) is 23.7. The van der Waals surface area contributed by atoms with E-state index < -0.39 is 0 Å². The highest BCUT2D eigenvalue weighted by Gasteiger charge is 2.15. The third-order valence-electron chi connectivity index (χ3n) is 4.68. The van der Waals surface area contributed by atoms with Crippen LogP contribution in [0.2, 0.25) is 0 Å². The first kappa shape index (κ1) is 16.9. The fourth-order valence-corrected chi connectivity index (χ4v) is 3.31. The molecule has 1 heterocycles. The number of carbonyl (C=O) groups is 1. The zero-order valence-corrected chi connectivity index (χ0v) is 15.2. The number of methoxy groups -OCH3 is 2. The van der Waals surface area contributed by atoms with Gasteiger partial charge in [0.25, 0.3) is 0 Å². The second kappa shape index (κ2) is 7.00. The number of carbonyl (C=O) groups excluding carboxylic acids is 1. The zero-order chi connectivity index (χ0) is 18.8. The standard InChI is InChI=1S/C23H19NO3/c1-26-18-13-11-16(12-14-18)22-21(19-5-3-4-6-20(19)24-22)15-7-9-17(10-8-15)23(25)27-2/h3-14,24H,1-2H3. The summed E-state index contributed by atoms with van der Waals surface area (Å²) in [5.41, 5.74) is 5.84. The summed E-state index contributed by atoms with van der Waals surface area (Å²) in [5, 5.41) is 1.13. The van der Waals surface area contributed by atoms with E-state index in [-0.39, 0.29) is 5.97 Å². The first-order chi connectivity index (χ1) is 13.2. The van der Waals surface area contributed by atoms with Gasteiger partial charge in [0.1, 0.15) is 5.75 Å². The van der Waals surface area contributed by atoms with Crippen LogP contribution in [0.4, 0.5) is 0 Å². The van der Waals surface area contributed by atoms with E-state index in [1.165, 1.54) is 7.11 Å². The van der Waals surface area contributed by atoms with Crippen LogP contribution in [0.5, 0.6) is 5.75 Å².